The monoisotopic (exact) mass is 211 g/mol. The van der Waals surface area contributed by atoms with Crippen molar-refractivity contribution in [2.75, 3.05) is 13.1 Å². The summed E-state index contributed by atoms with van der Waals surface area (Å²) in [4.78, 5) is 0. The number of thiophene rings is 1. The lowest BCUT2D eigenvalue weighted by molar-refractivity contribution is 0.00283. The van der Waals surface area contributed by atoms with Crippen molar-refractivity contribution in [2.45, 2.75) is 31.3 Å². The number of aryl methyl sites for hydroxylation is 1. The van der Waals surface area contributed by atoms with Crippen LogP contribution in [0.3, 0.4) is 0 Å². The second-order valence-electron chi connectivity index (χ2n) is 4.11. The zero-order valence-electron chi connectivity index (χ0n) is 8.33. The van der Waals surface area contributed by atoms with Crippen molar-refractivity contribution in [1.82, 2.24) is 5.32 Å². The van der Waals surface area contributed by atoms with E-state index in [4.69, 9.17) is 0 Å². The van der Waals surface area contributed by atoms with Gasteiger partial charge in [-0.05, 0) is 61.2 Å². The SMILES string of the molecule is OC1(CCc2ccsc2)CCNCC1. The van der Waals surface area contributed by atoms with Crippen LogP contribution in [0.1, 0.15) is 24.8 Å². The lowest BCUT2D eigenvalue weighted by Crippen LogP contribution is -2.42. The smallest absolute Gasteiger partial charge is 0.0675 e. The van der Waals surface area contributed by atoms with Crippen molar-refractivity contribution in [3.05, 3.63) is 22.4 Å². The molecule has 0 aliphatic carbocycles. The quantitative estimate of drug-likeness (QED) is 0.799. The maximum atomic E-state index is 10.2. The molecule has 1 aromatic heterocycles. The van der Waals surface area contributed by atoms with Gasteiger partial charge in [0.05, 0.1) is 5.60 Å². The van der Waals surface area contributed by atoms with Crippen molar-refractivity contribution >= 4 is 11.3 Å². The van der Waals surface area contributed by atoms with E-state index >= 15 is 0 Å². The minimum Gasteiger partial charge on any atom is -0.390 e. The number of nitrogens with one attached hydrogen (secondary N) is 1. The van der Waals surface area contributed by atoms with Gasteiger partial charge in [-0.15, -0.1) is 0 Å². The average Bonchev–Trinajstić information content (AvgIpc) is 2.69. The molecule has 78 valence electrons. The van der Waals surface area contributed by atoms with Gasteiger partial charge in [0.1, 0.15) is 0 Å². The molecule has 0 bridgehead atoms. The largest absolute Gasteiger partial charge is 0.390 e. The Balaban J connectivity index is 1.84. The van der Waals surface area contributed by atoms with Gasteiger partial charge < -0.3 is 10.4 Å². The first kappa shape index (κ1) is 10.1. The molecule has 2 N–H and O–H groups in total. The molecule has 1 fully saturated rings. The van der Waals surface area contributed by atoms with Crippen LogP contribution in [0.4, 0.5) is 0 Å². The molecule has 1 aromatic rings. The van der Waals surface area contributed by atoms with E-state index in [-0.39, 0.29) is 0 Å². The predicted molar refractivity (Wildman–Crippen MR) is 59.7 cm³/mol. The van der Waals surface area contributed by atoms with E-state index in [1.165, 1.54) is 5.56 Å². The molecule has 0 atom stereocenters. The van der Waals surface area contributed by atoms with E-state index in [0.717, 1.165) is 38.8 Å². The third kappa shape index (κ3) is 2.56. The molecule has 1 aliphatic rings. The fourth-order valence-corrected chi connectivity index (χ4v) is 2.66. The Hall–Kier alpha value is -0.380. The van der Waals surface area contributed by atoms with Gasteiger partial charge in [0.15, 0.2) is 0 Å². The molecule has 0 amide bonds. The Kier molecular flexibility index (Phi) is 3.21. The van der Waals surface area contributed by atoms with Gasteiger partial charge >= 0.3 is 0 Å². The summed E-state index contributed by atoms with van der Waals surface area (Å²) >= 11 is 1.73. The van der Waals surface area contributed by atoms with Crippen molar-refractivity contribution < 1.29 is 5.11 Å². The van der Waals surface area contributed by atoms with Crippen LogP contribution < -0.4 is 5.32 Å². The van der Waals surface area contributed by atoms with Gasteiger partial charge in [0.25, 0.3) is 0 Å². The molecular weight excluding hydrogens is 194 g/mol. The molecule has 0 aromatic carbocycles. The third-order valence-electron chi connectivity index (χ3n) is 2.99. The van der Waals surface area contributed by atoms with Crippen LogP contribution in [0.2, 0.25) is 0 Å². The van der Waals surface area contributed by atoms with E-state index < -0.39 is 5.60 Å². The zero-order valence-corrected chi connectivity index (χ0v) is 9.15. The molecule has 0 unspecified atom stereocenters. The lowest BCUT2D eigenvalue weighted by atomic mass is 9.87. The van der Waals surface area contributed by atoms with E-state index in [9.17, 15) is 5.11 Å². The van der Waals surface area contributed by atoms with Crippen LogP contribution in [-0.4, -0.2) is 23.8 Å². The maximum Gasteiger partial charge on any atom is 0.0675 e. The van der Waals surface area contributed by atoms with E-state index in [2.05, 4.69) is 22.1 Å². The highest BCUT2D eigenvalue weighted by atomic mass is 32.1. The van der Waals surface area contributed by atoms with Gasteiger partial charge in [-0.25, -0.2) is 0 Å². The summed E-state index contributed by atoms with van der Waals surface area (Å²) in [7, 11) is 0. The number of piperidine rings is 1. The second kappa shape index (κ2) is 4.43. The van der Waals surface area contributed by atoms with Crippen LogP contribution in [0, 0.1) is 0 Å². The molecule has 14 heavy (non-hydrogen) atoms. The molecule has 0 spiro atoms. The normalized spacial score (nSPS) is 20.9. The van der Waals surface area contributed by atoms with Crippen molar-refractivity contribution in [3.8, 4) is 0 Å². The van der Waals surface area contributed by atoms with Gasteiger partial charge in [0.2, 0.25) is 0 Å². The second-order valence-corrected chi connectivity index (χ2v) is 4.89. The Labute approximate surface area is 89.0 Å². The number of hydrogen-bond acceptors (Lipinski definition) is 3. The van der Waals surface area contributed by atoms with Crippen LogP contribution in [-0.2, 0) is 6.42 Å². The van der Waals surface area contributed by atoms with Crippen molar-refractivity contribution in [3.63, 3.8) is 0 Å². The van der Waals surface area contributed by atoms with Gasteiger partial charge in [-0.2, -0.15) is 11.3 Å². The number of aliphatic hydroxyl groups is 1. The standard InChI is InChI=1S/C11H17NOS/c13-11(4-6-12-7-5-11)3-1-10-2-8-14-9-10/h2,8-9,12-13H,1,3-7H2. The maximum absolute atomic E-state index is 10.2. The summed E-state index contributed by atoms with van der Waals surface area (Å²) in [5, 5.41) is 17.8. The molecule has 2 nitrogen and oxygen atoms in total. The lowest BCUT2D eigenvalue weighted by Gasteiger charge is -2.32. The first-order valence-electron chi connectivity index (χ1n) is 5.23. The van der Waals surface area contributed by atoms with Gasteiger partial charge in [0, 0.05) is 0 Å². The van der Waals surface area contributed by atoms with Crippen LogP contribution in [0.15, 0.2) is 16.8 Å². The average molecular weight is 211 g/mol. The summed E-state index contributed by atoms with van der Waals surface area (Å²) < 4.78 is 0. The minimum atomic E-state index is -0.410. The van der Waals surface area contributed by atoms with E-state index in [1.54, 1.807) is 11.3 Å². The van der Waals surface area contributed by atoms with Gasteiger partial charge in [-0.1, -0.05) is 0 Å². The summed E-state index contributed by atoms with van der Waals surface area (Å²) in [5.41, 5.74) is 0.953. The zero-order chi connectivity index (χ0) is 9.86. The molecule has 3 heteroatoms. The highest BCUT2D eigenvalue weighted by Crippen LogP contribution is 2.24. The van der Waals surface area contributed by atoms with E-state index in [0.29, 0.717) is 0 Å². The predicted octanol–water partition coefficient (Wildman–Crippen LogP) is 1.80. The highest BCUT2D eigenvalue weighted by molar-refractivity contribution is 7.07. The molecular formula is C11H17NOS. The molecule has 1 saturated heterocycles. The van der Waals surface area contributed by atoms with Crippen LogP contribution in [0.5, 0.6) is 0 Å². The van der Waals surface area contributed by atoms with Crippen molar-refractivity contribution in [2.24, 2.45) is 0 Å². The van der Waals surface area contributed by atoms with Gasteiger partial charge in [-0.3, -0.25) is 0 Å². The molecule has 1 aliphatic heterocycles. The summed E-state index contributed by atoms with van der Waals surface area (Å²) in [5.74, 6) is 0. The molecule has 0 saturated carbocycles. The Morgan fingerprint density at radius 2 is 2.21 bits per heavy atom. The third-order valence-corrected chi connectivity index (χ3v) is 3.73. The molecule has 2 heterocycles. The van der Waals surface area contributed by atoms with E-state index in [1.807, 2.05) is 0 Å². The molecule has 0 radical (unpaired) electrons. The Morgan fingerprint density at radius 3 is 2.86 bits per heavy atom. The molecule has 2 rings (SSSR count). The Morgan fingerprint density at radius 1 is 1.43 bits per heavy atom. The van der Waals surface area contributed by atoms with Crippen LogP contribution >= 0.6 is 11.3 Å². The first-order chi connectivity index (χ1) is 6.79. The summed E-state index contributed by atoms with van der Waals surface area (Å²) in [6.07, 6.45) is 3.72. The summed E-state index contributed by atoms with van der Waals surface area (Å²) in [6, 6.07) is 2.15. The first-order valence-corrected chi connectivity index (χ1v) is 6.17. The summed E-state index contributed by atoms with van der Waals surface area (Å²) in [6.45, 7) is 1.92. The number of rotatable bonds is 3. The number of hydrogen-bond donors (Lipinski definition) is 2. The minimum absolute atomic E-state index is 0.410. The topological polar surface area (TPSA) is 32.3 Å². The van der Waals surface area contributed by atoms with Crippen LogP contribution in [0.25, 0.3) is 0 Å². The fraction of sp³-hybridized carbons (Fsp3) is 0.636. The highest BCUT2D eigenvalue weighted by Gasteiger charge is 2.28. The Bertz CT molecular complexity index is 265. The fourth-order valence-electron chi connectivity index (χ4n) is 1.95. The van der Waals surface area contributed by atoms with Crippen molar-refractivity contribution in [1.29, 1.82) is 0 Å².